The molecule has 1 aliphatic carbocycles. The lowest BCUT2D eigenvalue weighted by atomic mass is 9.80. The molecule has 0 saturated carbocycles. The van der Waals surface area contributed by atoms with Crippen molar-refractivity contribution < 1.29 is 26.7 Å². The number of ether oxygens (including phenoxy) is 1. The molecule has 1 unspecified atom stereocenters. The molecular formula is C20H19F5O. The van der Waals surface area contributed by atoms with Gasteiger partial charge >= 0.3 is 6.36 Å². The molecule has 1 atom stereocenters. The van der Waals surface area contributed by atoms with Gasteiger partial charge in [0.1, 0.15) is 5.82 Å². The average Bonchev–Trinajstić information content (AvgIpc) is 2.55. The summed E-state index contributed by atoms with van der Waals surface area (Å²) >= 11 is 0. The maximum atomic E-state index is 14.3. The highest BCUT2D eigenvalue weighted by molar-refractivity contribution is 5.39. The van der Waals surface area contributed by atoms with E-state index in [4.69, 9.17) is 0 Å². The third kappa shape index (κ3) is 4.34. The van der Waals surface area contributed by atoms with Crippen molar-refractivity contribution in [1.82, 2.24) is 0 Å². The number of aryl methyl sites for hydroxylation is 2. The van der Waals surface area contributed by atoms with Gasteiger partial charge in [0.25, 0.3) is 0 Å². The van der Waals surface area contributed by atoms with E-state index in [-0.39, 0.29) is 11.7 Å². The Balaban J connectivity index is 1.67. The van der Waals surface area contributed by atoms with Crippen LogP contribution in [0.2, 0.25) is 0 Å². The molecule has 1 nitrogen and oxygen atoms in total. The molecule has 0 radical (unpaired) electrons. The van der Waals surface area contributed by atoms with Crippen molar-refractivity contribution in [2.45, 2.75) is 45.4 Å². The molecule has 0 heterocycles. The fourth-order valence-corrected chi connectivity index (χ4v) is 3.53. The van der Waals surface area contributed by atoms with Crippen LogP contribution in [0.4, 0.5) is 22.0 Å². The molecule has 1 aliphatic rings. The van der Waals surface area contributed by atoms with Crippen LogP contribution in [-0.2, 0) is 19.3 Å². The van der Waals surface area contributed by atoms with E-state index in [0.29, 0.717) is 42.4 Å². The van der Waals surface area contributed by atoms with Crippen molar-refractivity contribution in [2.75, 3.05) is 0 Å². The molecule has 26 heavy (non-hydrogen) atoms. The number of hydrogen-bond acceptors (Lipinski definition) is 1. The second-order valence-corrected chi connectivity index (χ2v) is 6.81. The molecule has 0 aromatic heterocycles. The van der Waals surface area contributed by atoms with Crippen LogP contribution in [0.25, 0.3) is 0 Å². The minimum atomic E-state index is -4.91. The van der Waals surface area contributed by atoms with E-state index < -0.39 is 17.9 Å². The SMILES string of the molecule is Cc1ccc(CCC2CCc3c(ccc(OC(F)(F)F)c3F)C2)c(F)c1. The highest BCUT2D eigenvalue weighted by Crippen LogP contribution is 2.35. The highest BCUT2D eigenvalue weighted by atomic mass is 19.4. The summed E-state index contributed by atoms with van der Waals surface area (Å²) in [5.74, 6) is -1.68. The lowest BCUT2D eigenvalue weighted by Gasteiger charge is -2.26. The lowest BCUT2D eigenvalue weighted by molar-refractivity contribution is -0.275. The second kappa shape index (κ2) is 7.25. The van der Waals surface area contributed by atoms with Gasteiger partial charge in [0.15, 0.2) is 11.6 Å². The van der Waals surface area contributed by atoms with Gasteiger partial charge in [0, 0.05) is 0 Å². The van der Waals surface area contributed by atoms with E-state index >= 15 is 0 Å². The third-order valence-corrected chi connectivity index (χ3v) is 4.87. The Hall–Kier alpha value is -2.11. The molecule has 3 rings (SSSR count). The maximum absolute atomic E-state index is 14.3. The first-order valence-corrected chi connectivity index (χ1v) is 8.54. The van der Waals surface area contributed by atoms with Crippen LogP contribution < -0.4 is 4.74 Å². The number of alkyl halides is 3. The summed E-state index contributed by atoms with van der Waals surface area (Å²) < 4.78 is 68.9. The van der Waals surface area contributed by atoms with Gasteiger partial charge in [0.2, 0.25) is 0 Å². The lowest BCUT2D eigenvalue weighted by Crippen LogP contribution is -2.20. The largest absolute Gasteiger partial charge is 0.573 e. The Morgan fingerprint density at radius 2 is 1.88 bits per heavy atom. The van der Waals surface area contributed by atoms with Crippen molar-refractivity contribution >= 4 is 0 Å². The van der Waals surface area contributed by atoms with E-state index in [9.17, 15) is 22.0 Å². The summed E-state index contributed by atoms with van der Waals surface area (Å²) in [5, 5.41) is 0. The molecule has 2 aromatic carbocycles. The van der Waals surface area contributed by atoms with Crippen LogP contribution in [0.1, 0.15) is 35.1 Å². The first kappa shape index (κ1) is 18.7. The first-order chi connectivity index (χ1) is 12.2. The molecule has 6 heteroatoms. The van der Waals surface area contributed by atoms with Gasteiger partial charge in [-0.15, -0.1) is 13.2 Å². The molecule has 0 saturated heterocycles. The van der Waals surface area contributed by atoms with Gasteiger partial charge in [0.05, 0.1) is 0 Å². The van der Waals surface area contributed by atoms with Gasteiger partial charge in [-0.2, -0.15) is 0 Å². The van der Waals surface area contributed by atoms with E-state index in [0.717, 1.165) is 18.1 Å². The Kier molecular flexibility index (Phi) is 5.21. The quantitative estimate of drug-likeness (QED) is 0.608. The summed E-state index contributed by atoms with van der Waals surface area (Å²) in [5.41, 5.74) is 2.52. The predicted molar refractivity (Wildman–Crippen MR) is 88.1 cm³/mol. The van der Waals surface area contributed by atoms with E-state index in [1.165, 1.54) is 12.1 Å². The Bertz CT molecular complexity index is 798. The van der Waals surface area contributed by atoms with Gasteiger partial charge in [-0.05, 0) is 79.3 Å². The zero-order chi connectivity index (χ0) is 18.9. The molecule has 0 fully saturated rings. The highest BCUT2D eigenvalue weighted by Gasteiger charge is 2.33. The molecule has 0 amide bonds. The average molecular weight is 370 g/mol. The Labute approximate surface area is 148 Å². The third-order valence-electron chi connectivity index (χ3n) is 4.87. The van der Waals surface area contributed by atoms with E-state index in [1.807, 2.05) is 13.0 Å². The van der Waals surface area contributed by atoms with E-state index in [2.05, 4.69) is 4.74 Å². The smallest absolute Gasteiger partial charge is 0.403 e. The zero-order valence-corrected chi connectivity index (χ0v) is 14.3. The minimum Gasteiger partial charge on any atom is -0.403 e. The first-order valence-electron chi connectivity index (χ1n) is 8.54. The number of halogens is 5. The Morgan fingerprint density at radius 1 is 1.12 bits per heavy atom. The van der Waals surface area contributed by atoms with Crippen molar-refractivity contribution in [1.29, 1.82) is 0 Å². The molecule has 2 aromatic rings. The van der Waals surface area contributed by atoms with Gasteiger partial charge < -0.3 is 4.74 Å². The number of benzene rings is 2. The fourth-order valence-electron chi connectivity index (χ4n) is 3.53. The van der Waals surface area contributed by atoms with Crippen LogP contribution in [0, 0.1) is 24.5 Å². The van der Waals surface area contributed by atoms with Gasteiger partial charge in [-0.3, -0.25) is 0 Å². The van der Waals surface area contributed by atoms with Crippen LogP contribution in [0.3, 0.4) is 0 Å². The standard InChI is InChI=1S/C20H19F5O/c1-12-2-5-14(17(21)10-12)6-3-13-4-8-16-15(11-13)7-9-18(19(16)22)26-20(23,24)25/h2,5,7,9-10,13H,3-4,6,8,11H2,1H3. The van der Waals surface area contributed by atoms with Gasteiger partial charge in [-0.1, -0.05) is 18.2 Å². The van der Waals surface area contributed by atoms with Crippen LogP contribution in [-0.4, -0.2) is 6.36 Å². The zero-order valence-electron chi connectivity index (χ0n) is 14.3. The summed E-state index contributed by atoms with van der Waals surface area (Å²) in [4.78, 5) is 0. The maximum Gasteiger partial charge on any atom is 0.573 e. The number of rotatable bonds is 4. The Morgan fingerprint density at radius 3 is 2.58 bits per heavy atom. The van der Waals surface area contributed by atoms with Crippen molar-refractivity contribution in [3.63, 3.8) is 0 Å². The van der Waals surface area contributed by atoms with Crippen LogP contribution in [0.5, 0.6) is 5.75 Å². The van der Waals surface area contributed by atoms with Crippen LogP contribution in [0.15, 0.2) is 30.3 Å². The monoisotopic (exact) mass is 370 g/mol. The van der Waals surface area contributed by atoms with Crippen molar-refractivity contribution in [3.05, 3.63) is 64.2 Å². The van der Waals surface area contributed by atoms with Crippen molar-refractivity contribution in [2.24, 2.45) is 5.92 Å². The molecule has 140 valence electrons. The summed E-state index contributed by atoms with van der Waals surface area (Å²) in [6.07, 6.45) is -1.98. The summed E-state index contributed by atoms with van der Waals surface area (Å²) in [7, 11) is 0. The van der Waals surface area contributed by atoms with Crippen molar-refractivity contribution in [3.8, 4) is 5.75 Å². The second-order valence-electron chi connectivity index (χ2n) is 6.81. The normalized spacial score (nSPS) is 17.1. The fraction of sp³-hybridized carbons (Fsp3) is 0.400. The summed E-state index contributed by atoms with van der Waals surface area (Å²) in [6.45, 7) is 1.83. The van der Waals surface area contributed by atoms with E-state index in [1.54, 1.807) is 6.07 Å². The topological polar surface area (TPSA) is 9.23 Å². The molecule has 0 N–H and O–H groups in total. The number of hydrogen-bond donors (Lipinski definition) is 0. The predicted octanol–water partition coefficient (Wildman–Crippen LogP) is 5.91. The van der Waals surface area contributed by atoms with Gasteiger partial charge in [-0.25, -0.2) is 8.78 Å². The molecule has 0 spiro atoms. The molecule has 0 aliphatic heterocycles. The number of fused-ring (bicyclic) bond motifs is 1. The minimum absolute atomic E-state index is 0.221. The molecule has 0 bridgehead atoms. The molecular weight excluding hydrogens is 351 g/mol. The van der Waals surface area contributed by atoms with Crippen LogP contribution >= 0.6 is 0 Å². The summed E-state index contributed by atoms with van der Waals surface area (Å²) in [6, 6.07) is 7.68.